The van der Waals surface area contributed by atoms with Crippen LogP contribution < -0.4 is 0 Å². The molecule has 0 spiro atoms. The topological polar surface area (TPSA) is 73.7 Å². The van der Waals surface area contributed by atoms with Crippen LogP contribution in [-0.4, -0.2) is 60.2 Å². The fraction of sp³-hybridized carbons (Fsp3) is 0.588. The minimum Gasteiger partial charge on any atom is -0.374 e. The molecule has 0 aliphatic heterocycles. The minimum absolute atomic E-state index is 0.0329. The molecule has 0 bridgehead atoms. The van der Waals surface area contributed by atoms with Crippen LogP contribution in [0.4, 0.5) is 0 Å². The largest absolute Gasteiger partial charge is 0.374 e. The normalized spacial score (nSPS) is 11.7. The summed E-state index contributed by atoms with van der Waals surface area (Å²) in [5, 5.41) is 10.2. The van der Waals surface area contributed by atoms with E-state index in [-0.39, 0.29) is 17.3 Å². The van der Waals surface area contributed by atoms with E-state index in [1.54, 1.807) is 13.1 Å². The van der Waals surface area contributed by atoms with Gasteiger partial charge in [-0.15, -0.1) is 0 Å². The molecule has 1 aromatic heterocycles. The van der Waals surface area contributed by atoms with Gasteiger partial charge in [0.05, 0.1) is 5.69 Å². The van der Waals surface area contributed by atoms with Gasteiger partial charge in [-0.2, -0.15) is 0 Å². The summed E-state index contributed by atoms with van der Waals surface area (Å²) in [5.74, 6) is -0.699. The van der Waals surface area contributed by atoms with Crippen LogP contribution in [0, 0.1) is 0 Å². The number of carbonyl (C=O) groups excluding carboxylic acids is 2. The van der Waals surface area contributed by atoms with E-state index >= 15 is 0 Å². The zero-order chi connectivity index (χ0) is 19.5. The molecule has 0 saturated carbocycles. The Morgan fingerprint density at radius 2 is 1.71 bits per heavy atom. The first-order valence-corrected chi connectivity index (χ1v) is 8.20. The van der Waals surface area contributed by atoms with Crippen LogP contribution in [0.3, 0.4) is 0 Å². The lowest BCUT2D eigenvalue weighted by molar-refractivity contribution is -0.141. The predicted octanol–water partition coefficient (Wildman–Crippen LogP) is 1.98. The highest BCUT2D eigenvalue weighted by molar-refractivity contribution is 6.15. The van der Waals surface area contributed by atoms with E-state index in [4.69, 9.17) is 7.85 Å². The smallest absolute Gasteiger partial charge is 0.272 e. The average molecular weight is 335 g/mol. The molecule has 2 amide bonds. The van der Waals surface area contributed by atoms with Crippen molar-refractivity contribution in [3.63, 3.8) is 0 Å². The lowest BCUT2D eigenvalue weighted by Gasteiger charge is -2.33. The lowest BCUT2D eigenvalue weighted by Crippen LogP contribution is -2.47. The summed E-state index contributed by atoms with van der Waals surface area (Å²) in [4.78, 5) is 29.8. The number of hydrogen-bond donors (Lipinski definition) is 1. The SMILES string of the molecule is CC.CC.[B]C(O)(c1cccc(C(=O)N(C)CC)n1)N(C)C(C)=O. The maximum absolute atomic E-state index is 12.0. The molecule has 0 saturated heterocycles. The molecule has 134 valence electrons. The second-order valence-corrected chi connectivity index (χ2v) is 4.53. The van der Waals surface area contributed by atoms with Crippen molar-refractivity contribution in [3.05, 3.63) is 29.6 Å². The first-order valence-electron chi connectivity index (χ1n) is 8.20. The Hall–Kier alpha value is -1.89. The van der Waals surface area contributed by atoms with Gasteiger partial charge in [-0.3, -0.25) is 9.59 Å². The van der Waals surface area contributed by atoms with E-state index in [0.717, 1.165) is 4.90 Å². The van der Waals surface area contributed by atoms with Gasteiger partial charge in [0.1, 0.15) is 11.3 Å². The van der Waals surface area contributed by atoms with Crippen molar-refractivity contribution in [1.29, 1.82) is 0 Å². The Labute approximate surface area is 147 Å². The van der Waals surface area contributed by atoms with Gasteiger partial charge < -0.3 is 14.9 Å². The minimum atomic E-state index is -2.06. The summed E-state index contributed by atoms with van der Waals surface area (Å²) in [6, 6.07) is 4.55. The van der Waals surface area contributed by atoms with Crippen LogP contribution in [0.1, 0.15) is 57.7 Å². The Morgan fingerprint density at radius 3 is 2.12 bits per heavy atom. The number of carbonyl (C=O) groups is 2. The molecule has 1 heterocycles. The molecule has 1 atom stereocenters. The lowest BCUT2D eigenvalue weighted by atomic mass is 9.85. The average Bonchev–Trinajstić information content (AvgIpc) is 2.62. The maximum Gasteiger partial charge on any atom is 0.272 e. The zero-order valence-corrected chi connectivity index (χ0v) is 16.1. The van der Waals surface area contributed by atoms with Crippen LogP contribution in [0.2, 0.25) is 0 Å². The third kappa shape index (κ3) is 6.32. The first-order chi connectivity index (χ1) is 11.2. The molecule has 1 unspecified atom stereocenters. The van der Waals surface area contributed by atoms with Crippen LogP contribution in [0.15, 0.2) is 18.2 Å². The third-order valence-corrected chi connectivity index (χ3v) is 3.15. The van der Waals surface area contributed by atoms with Crippen molar-refractivity contribution in [3.8, 4) is 0 Å². The van der Waals surface area contributed by atoms with Crippen molar-refractivity contribution in [2.45, 2.75) is 47.2 Å². The molecule has 0 fully saturated rings. The number of amides is 2. The summed E-state index contributed by atoms with van der Waals surface area (Å²) in [6.07, 6.45) is 0. The summed E-state index contributed by atoms with van der Waals surface area (Å²) in [6.45, 7) is 11.6. The van der Waals surface area contributed by atoms with Crippen molar-refractivity contribution in [2.75, 3.05) is 20.6 Å². The molecule has 7 heteroatoms. The standard InChI is InChI=1S/C13H18BN3O3.2C2H6/c1-5-16(3)12(19)10-7-6-8-11(15-10)13(14,20)17(4)9(2)18;2*1-2/h6-8,20H,5H2,1-4H3;2*1-2H3. The Balaban J connectivity index is 0. The fourth-order valence-corrected chi connectivity index (χ4v) is 1.51. The Morgan fingerprint density at radius 1 is 1.21 bits per heavy atom. The van der Waals surface area contributed by atoms with Gasteiger partial charge in [-0.25, -0.2) is 4.98 Å². The van der Waals surface area contributed by atoms with E-state index in [0.29, 0.717) is 6.54 Å². The zero-order valence-electron chi connectivity index (χ0n) is 16.1. The Bertz CT molecular complexity index is 522. The second-order valence-electron chi connectivity index (χ2n) is 4.53. The fourth-order valence-electron chi connectivity index (χ4n) is 1.51. The summed E-state index contributed by atoms with van der Waals surface area (Å²) in [7, 11) is 8.74. The van der Waals surface area contributed by atoms with E-state index in [1.807, 2.05) is 34.6 Å². The summed E-state index contributed by atoms with van der Waals surface area (Å²) in [5.41, 5.74) is -1.87. The van der Waals surface area contributed by atoms with Gasteiger partial charge >= 0.3 is 0 Å². The predicted molar refractivity (Wildman–Crippen MR) is 97.7 cm³/mol. The number of rotatable bonds is 4. The van der Waals surface area contributed by atoms with Gasteiger partial charge in [0.25, 0.3) is 5.91 Å². The summed E-state index contributed by atoms with van der Waals surface area (Å²) >= 11 is 0. The quantitative estimate of drug-likeness (QED) is 0.674. The van der Waals surface area contributed by atoms with Crippen LogP contribution >= 0.6 is 0 Å². The second kappa shape index (κ2) is 11.6. The van der Waals surface area contributed by atoms with Gasteiger partial charge in [0.2, 0.25) is 5.91 Å². The summed E-state index contributed by atoms with van der Waals surface area (Å²) < 4.78 is 0. The van der Waals surface area contributed by atoms with E-state index < -0.39 is 11.5 Å². The highest BCUT2D eigenvalue weighted by Crippen LogP contribution is 2.19. The van der Waals surface area contributed by atoms with Crippen LogP contribution in [0.5, 0.6) is 0 Å². The van der Waals surface area contributed by atoms with Crippen LogP contribution in [-0.2, 0) is 10.4 Å². The molecule has 1 N–H and O–H groups in total. The molecule has 1 aromatic rings. The van der Waals surface area contributed by atoms with Gasteiger partial charge in [0, 0.05) is 27.6 Å². The number of aromatic nitrogens is 1. The highest BCUT2D eigenvalue weighted by Gasteiger charge is 2.31. The van der Waals surface area contributed by atoms with Crippen molar-refractivity contribution in [1.82, 2.24) is 14.8 Å². The molecule has 0 aromatic carbocycles. The van der Waals surface area contributed by atoms with Gasteiger partial charge in [-0.1, -0.05) is 33.8 Å². The first kappa shape index (κ1) is 24.4. The maximum atomic E-state index is 12.0. The highest BCUT2D eigenvalue weighted by atomic mass is 16.3. The molecule has 0 aliphatic rings. The van der Waals surface area contributed by atoms with Gasteiger partial charge in [-0.05, 0) is 19.1 Å². The number of pyridine rings is 1. The van der Waals surface area contributed by atoms with Crippen molar-refractivity contribution >= 4 is 19.7 Å². The van der Waals surface area contributed by atoms with E-state index in [9.17, 15) is 14.7 Å². The molecular weight excluding hydrogens is 305 g/mol. The van der Waals surface area contributed by atoms with E-state index in [1.165, 1.54) is 31.0 Å². The molecule has 0 aliphatic carbocycles. The van der Waals surface area contributed by atoms with Gasteiger partial charge in [0.15, 0.2) is 7.85 Å². The number of hydrogen-bond acceptors (Lipinski definition) is 4. The molecular formula is C17H30BN3O3. The van der Waals surface area contributed by atoms with Crippen molar-refractivity contribution in [2.24, 2.45) is 0 Å². The molecule has 2 radical (unpaired) electrons. The monoisotopic (exact) mass is 335 g/mol. The Kier molecular flexibility index (Phi) is 11.8. The molecule has 6 nitrogen and oxygen atoms in total. The number of aliphatic hydroxyl groups is 1. The van der Waals surface area contributed by atoms with E-state index in [2.05, 4.69) is 4.98 Å². The molecule has 24 heavy (non-hydrogen) atoms. The molecule has 1 rings (SSSR count). The van der Waals surface area contributed by atoms with Crippen molar-refractivity contribution < 1.29 is 14.7 Å². The van der Waals surface area contributed by atoms with Crippen LogP contribution in [0.25, 0.3) is 0 Å². The third-order valence-electron chi connectivity index (χ3n) is 3.15. The number of nitrogens with zero attached hydrogens (tertiary/aromatic N) is 3.